The van der Waals surface area contributed by atoms with Gasteiger partial charge in [0.15, 0.2) is 0 Å². The van der Waals surface area contributed by atoms with Crippen LogP contribution in [0.25, 0.3) is 0 Å². The van der Waals surface area contributed by atoms with E-state index in [0.29, 0.717) is 17.3 Å². The molecule has 1 spiro atoms. The van der Waals surface area contributed by atoms with Gasteiger partial charge in [-0.3, -0.25) is 14.4 Å². The van der Waals surface area contributed by atoms with Crippen molar-refractivity contribution < 1.29 is 24.2 Å². The smallest absolute Gasteiger partial charge is 0.310 e. The van der Waals surface area contributed by atoms with E-state index in [1.54, 1.807) is 47.9 Å². The second-order valence-electron chi connectivity index (χ2n) is 9.44. The number of carbonyl (C=O) groups is 3. The summed E-state index contributed by atoms with van der Waals surface area (Å²) in [5.41, 5.74) is 0.511. The average molecular weight is 509 g/mol. The Kier molecular flexibility index (Phi) is 7.79. The molecule has 3 fully saturated rings. The number of likely N-dealkylation sites (tertiary alicyclic amines) is 1. The summed E-state index contributed by atoms with van der Waals surface area (Å²) in [5.74, 6) is -1.70. The number of aliphatic hydroxyl groups excluding tert-OH is 1. The molecule has 0 saturated carbocycles. The van der Waals surface area contributed by atoms with Crippen LogP contribution in [0.3, 0.4) is 0 Å². The monoisotopic (exact) mass is 508 g/mol. The number of hydrogen-bond acceptors (Lipinski definition) is 6. The van der Waals surface area contributed by atoms with Crippen molar-refractivity contribution in [3.05, 3.63) is 29.3 Å². The Balaban J connectivity index is 1.66. The molecular formula is C25H33ClN2O5S. The lowest BCUT2D eigenvalue weighted by molar-refractivity contribution is -0.154. The number of nitrogens with zero attached hydrogens (tertiary/aromatic N) is 1. The third-order valence-electron chi connectivity index (χ3n) is 7.49. The summed E-state index contributed by atoms with van der Waals surface area (Å²) in [4.78, 5) is 42.3. The lowest BCUT2D eigenvalue weighted by Crippen LogP contribution is -2.54. The van der Waals surface area contributed by atoms with Crippen LogP contribution in [0.5, 0.6) is 0 Å². The Morgan fingerprint density at radius 3 is 2.71 bits per heavy atom. The first-order valence-corrected chi connectivity index (χ1v) is 13.4. The number of halogens is 1. The number of carbonyl (C=O) groups excluding carboxylic acids is 3. The predicted molar refractivity (Wildman–Crippen MR) is 133 cm³/mol. The predicted octanol–water partition coefficient (Wildman–Crippen LogP) is 3.73. The fraction of sp³-hybridized carbons (Fsp3) is 0.640. The number of unbranched alkanes of at least 4 members (excludes halogenated alkanes) is 3. The van der Waals surface area contributed by atoms with Gasteiger partial charge < -0.3 is 20.1 Å². The minimum absolute atomic E-state index is 0.0229. The molecule has 6 atom stereocenters. The van der Waals surface area contributed by atoms with E-state index in [1.165, 1.54) is 0 Å². The molecule has 0 radical (unpaired) electrons. The first kappa shape index (κ1) is 25.3. The Hall–Kier alpha value is -1.77. The molecular weight excluding hydrogens is 476 g/mol. The van der Waals surface area contributed by atoms with E-state index in [-0.39, 0.29) is 42.2 Å². The molecule has 3 saturated heterocycles. The minimum atomic E-state index is -0.691. The van der Waals surface area contributed by atoms with Crippen LogP contribution in [0.4, 0.5) is 5.69 Å². The van der Waals surface area contributed by atoms with Gasteiger partial charge in [0.2, 0.25) is 11.8 Å². The number of ether oxygens (including phenoxy) is 1. The summed E-state index contributed by atoms with van der Waals surface area (Å²) in [7, 11) is 0. The number of hydrogen-bond donors (Lipinski definition) is 2. The molecule has 3 aliphatic heterocycles. The molecule has 0 aliphatic carbocycles. The lowest BCUT2D eigenvalue weighted by atomic mass is 9.66. The molecule has 2 bridgehead atoms. The van der Waals surface area contributed by atoms with Crippen LogP contribution in [0, 0.1) is 17.8 Å². The number of para-hydroxylation sites is 1. The normalized spacial score (nSPS) is 31.6. The number of amides is 2. The van der Waals surface area contributed by atoms with Crippen LogP contribution >= 0.6 is 23.4 Å². The average Bonchev–Trinajstić information content (AvgIpc) is 3.39. The van der Waals surface area contributed by atoms with Crippen molar-refractivity contribution >= 4 is 46.8 Å². The maximum atomic E-state index is 13.8. The standard InChI is InChI=1S/C25H33ClN2O5S/c1-3-33-24(32)19-18-14-15(2)25(34-18)20(19)23(31)28(12-8-4-5-9-13-29)21(25)22(30)27-17-11-7-6-10-16(17)26/h6-7,10-11,15,18-21,29H,3-5,8-9,12-14H2,1-2H3,(H,27,30)/t15?,18-,19+,20+,21?,25?/m1/s1. The molecule has 0 aromatic heterocycles. The third-order valence-corrected chi connectivity index (χ3v) is 9.90. The first-order valence-electron chi connectivity index (χ1n) is 12.2. The number of fused-ring (bicyclic) bond motifs is 1. The van der Waals surface area contributed by atoms with Crippen LogP contribution in [0.2, 0.25) is 5.02 Å². The maximum absolute atomic E-state index is 13.8. The highest BCUT2D eigenvalue weighted by Crippen LogP contribution is 2.68. The highest BCUT2D eigenvalue weighted by Gasteiger charge is 2.76. The largest absolute Gasteiger partial charge is 0.466 e. The summed E-state index contributed by atoms with van der Waals surface area (Å²) < 4.78 is 4.70. The Morgan fingerprint density at radius 2 is 2.00 bits per heavy atom. The molecule has 3 unspecified atom stereocenters. The SMILES string of the molecule is CCOC(=O)[C@@H]1[C@H]2C(=O)N(CCCCCCO)C(C(=O)Nc3ccccc3Cl)C23S[C@@H]1CC3C. The molecule has 186 valence electrons. The van der Waals surface area contributed by atoms with Crippen LogP contribution in [0.1, 0.15) is 46.0 Å². The summed E-state index contributed by atoms with van der Waals surface area (Å²) in [6.07, 6.45) is 3.95. The Morgan fingerprint density at radius 1 is 1.26 bits per heavy atom. The highest BCUT2D eigenvalue weighted by molar-refractivity contribution is 8.02. The molecule has 4 rings (SSSR count). The zero-order valence-electron chi connectivity index (χ0n) is 19.7. The van der Waals surface area contributed by atoms with E-state index in [9.17, 15) is 14.4 Å². The van der Waals surface area contributed by atoms with Crippen LogP contribution in [-0.2, 0) is 19.1 Å². The first-order chi connectivity index (χ1) is 16.4. The fourth-order valence-electron chi connectivity index (χ4n) is 6.08. The molecule has 3 heterocycles. The van der Waals surface area contributed by atoms with Crippen LogP contribution < -0.4 is 5.32 Å². The van der Waals surface area contributed by atoms with E-state index in [2.05, 4.69) is 12.2 Å². The van der Waals surface area contributed by atoms with Gasteiger partial charge in [0, 0.05) is 18.4 Å². The van der Waals surface area contributed by atoms with Crippen molar-refractivity contribution in [3.63, 3.8) is 0 Å². The Bertz CT molecular complexity index is 946. The molecule has 9 heteroatoms. The van der Waals surface area contributed by atoms with Crippen molar-refractivity contribution in [1.29, 1.82) is 0 Å². The van der Waals surface area contributed by atoms with Crippen molar-refractivity contribution in [2.45, 2.75) is 62.0 Å². The molecule has 2 amide bonds. The maximum Gasteiger partial charge on any atom is 0.310 e. The van der Waals surface area contributed by atoms with Gasteiger partial charge in [-0.25, -0.2) is 0 Å². The number of rotatable bonds is 10. The topological polar surface area (TPSA) is 95.9 Å². The van der Waals surface area contributed by atoms with Crippen LogP contribution in [0.15, 0.2) is 24.3 Å². The molecule has 1 aromatic rings. The second kappa shape index (κ2) is 10.5. The number of thioether (sulfide) groups is 1. The van der Waals surface area contributed by atoms with Gasteiger partial charge in [0.1, 0.15) is 6.04 Å². The number of anilines is 1. The van der Waals surface area contributed by atoms with Gasteiger partial charge in [0.05, 0.1) is 33.9 Å². The van der Waals surface area contributed by atoms with E-state index >= 15 is 0 Å². The number of esters is 1. The van der Waals surface area contributed by atoms with Gasteiger partial charge in [-0.2, -0.15) is 0 Å². The summed E-state index contributed by atoms with van der Waals surface area (Å²) in [6.45, 7) is 4.71. The Labute approximate surface area is 209 Å². The zero-order valence-corrected chi connectivity index (χ0v) is 21.2. The van der Waals surface area contributed by atoms with E-state index < -0.39 is 22.6 Å². The molecule has 34 heavy (non-hydrogen) atoms. The van der Waals surface area contributed by atoms with Crippen molar-refractivity contribution in [1.82, 2.24) is 4.90 Å². The van der Waals surface area contributed by atoms with Gasteiger partial charge in [-0.05, 0) is 44.2 Å². The van der Waals surface area contributed by atoms with E-state index in [4.69, 9.17) is 21.4 Å². The fourth-order valence-corrected chi connectivity index (χ4v) is 8.67. The molecule has 3 aliphatic rings. The quantitative estimate of drug-likeness (QED) is 0.369. The number of aliphatic hydroxyl groups is 1. The van der Waals surface area contributed by atoms with Gasteiger partial charge in [-0.1, -0.05) is 43.5 Å². The van der Waals surface area contributed by atoms with Crippen molar-refractivity contribution in [2.75, 3.05) is 25.1 Å². The van der Waals surface area contributed by atoms with E-state index in [0.717, 1.165) is 32.1 Å². The zero-order chi connectivity index (χ0) is 24.5. The minimum Gasteiger partial charge on any atom is -0.466 e. The van der Waals surface area contributed by atoms with E-state index in [1.807, 2.05) is 0 Å². The number of nitrogens with one attached hydrogen (secondary N) is 1. The summed E-state index contributed by atoms with van der Waals surface area (Å²) >= 11 is 7.94. The summed E-state index contributed by atoms with van der Waals surface area (Å²) in [6, 6.07) is 6.37. The van der Waals surface area contributed by atoms with Gasteiger partial charge >= 0.3 is 5.97 Å². The molecule has 1 aromatic carbocycles. The number of benzene rings is 1. The summed E-state index contributed by atoms with van der Waals surface area (Å²) in [5, 5.41) is 12.4. The molecule has 2 N–H and O–H groups in total. The lowest BCUT2D eigenvalue weighted by Gasteiger charge is -2.38. The van der Waals surface area contributed by atoms with Crippen LogP contribution in [-0.4, -0.2) is 63.6 Å². The highest BCUT2D eigenvalue weighted by atomic mass is 35.5. The van der Waals surface area contributed by atoms with Crippen molar-refractivity contribution in [2.24, 2.45) is 17.8 Å². The van der Waals surface area contributed by atoms with Gasteiger partial charge in [0.25, 0.3) is 0 Å². The second-order valence-corrected chi connectivity index (χ2v) is 11.4. The molecule has 7 nitrogen and oxygen atoms in total. The van der Waals surface area contributed by atoms with Gasteiger partial charge in [-0.15, -0.1) is 11.8 Å². The van der Waals surface area contributed by atoms with Crippen molar-refractivity contribution in [3.8, 4) is 0 Å². The third kappa shape index (κ3) is 4.22.